The Kier molecular flexibility index (Phi) is 3.80. The van der Waals surface area contributed by atoms with Gasteiger partial charge in [0.25, 0.3) is 0 Å². The number of unbranched alkanes of at least 4 members (excludes halogenated alkanes) is 1. The molecular formula is C9H17N3. The first kappa shape index (κ1) is 9.26. The molecule has 0 atom stereocenters. The molecule has 3 nitrogen and oxygen atoms in total. The minimum atomic E-state index is 0.890. The van der Waals surface area contributed by atoms with Crippen molar-refractivity contribution in [1.29, 1.82) is 0 Å². The molecule has 0 bridgehead atoms. The smallest absolute Gasteiger partial charge is 0.0947 e. The first-order valence-electron chi connectivity index (χ1n) is 4.50. The highest BCUT2D eigenvalue weighted by Crippen LogP contribution is 1.93. The first-order chi connectivity index (χ1) is 5.83. The highest BCUT2D eigenvalue weighted by atomic mass is 15.0. The van der Waals surface area contributed by atoms with E-state index < -0.39 is 0 Å². The van der Waals surface area contributed by atoms with Gasteiger partial charge in [-0.1, -0.05) is 13.3 Å². The maximum atomic E-state index is 4.21. The summed E-state index contributed by atoms with van der Waals surface area (Å²) in [5.74, 6) is 0. The standard InChI is InChI=1S/C9H17N3/c1-3-4-5-10-6-9-7-12(2)8-11-9/h7-8,10H,3-6H2,1-2H3. The van der Waals surface area contributed by atoms with E-state index in [0.29, 0.717) is 0 Å². The van der Waals surface area contributed by atoms with E-state index in [-0.39, 0.29) is 0 Å². The summed E-state index contributed by atoms with van der Waals surface area (Å²) in [4.78, 5) is 4.21. The molecule has 1 aromatic heterocycles. The topological polar surface area (TPSA) is 29.9 Å². The highest BCUT2D eigenvalue weighted by molar-refractivity contribution is 4.95. The van der Waals surface area contributed by atoms with E-state index in [1.54, 1.807) is 0 Å². The van der Waals surface area contributed by atoms with E-state index in [1.165, 1.54) is 12.8 Å². The van der Waals surface area contributed by atoms with E-state index >= 15 is 0 Å². The largest absolute Gasteiger partial charge is 0.340 e. The van der Waals surface area contributed by atoms with Crippen molar-refractivity contribution in [2.24, 2.45) is 7.05 Å². The number of nitrogens with zero attached hydrogens (tertiary/aromatic N) is 2. The van der Waals surface area contributed by atoms with Gasteiger partial charge in [-0.25, -0.2) is 4.98 Å². The second-order valence-electron chi connectivity index (χ2n) is 3.06. The predicted octanol–water partition coefficient (Wildman–Crippen LogP) is 1.31. The van der Waals surface area contributed by atoms with Crippen LogP contribution in [0.2, 0.25) is 0 Å². The van der Waals surface area contributed by atoms with Crippen molar-refractivity contribution >= 4 is 0 Å². The molecule has 0 aliphatic rings. The summed E-state index contributed by atoms with van der Waals surface area (Å²) in [6.45, 7) is 4.18. The Morgan fingerprint density at radius 2 is 2.42 bits per heavy atom. The minimum absolute atomic E-state index is 0.890. The van der Waals surface area contributed by atoms with E-state index in [9.17, 15) is 0 Å². The van der Waals surface area contributed by atoms with Crippen LogP contribution in [0.1, 0.15) is 25.5 Å². The number of hydrogen-bond donors (Lipinski definition) is 1. The van der Waals surface area contributed by atoms with Gasteiger partial charge in [-0.2, -0.15) is 0 Å². The Bertz CT molecular complexity index is 217. The third-order valence-corrected chi connectivity index (χ3v) is 1.77. The molecule has 12 heavy (non-hydrogen) atoms. The molecule has 0 unspecified atom stereocenters. The molecule has 0 saturated carbocycles. The molecule has 0 fully saturated rings. The van der Waals surface area contributed by atoms with Crippen LogP contribution in [0.15, 0.2) is 12.5 Å². The third kappa shape index (κ3) is 3.05. The van der Waals surface area contributed by atoms with Crippen LogP contribution >= 0.6 is 0 Å². The summed E-state index contributed by atoms with van der Waals surface area (Å²) < 4.78 is 1.97. The monoisotopic (exact) mass is 167 g/mol. The fourth-order valence-electron chi connectivity index (χ4n) is 1.08. The molecule has 1 heterocycles. The maximum Gasteiger partial charge on any atom is 0.0947 e. The molecular weight excluding hydrogens is 150 g/mol. The minimum Gasteiger partial charge on any atom is -0.340 e. The normalized spacial score (nSPS) is 10.5. The molecule has 68 valence electrons. The van der Waals surface area contributed by atoms with Crippen LogP contribution in [-0.2, 0) is 13.6 Å². The Morgan fingerprint density at radius 1 is 1.58 bits per heavy atom. The number of nitrogens with one attached hydrogen (secondary N) is 1. The average molecular weight is 167 g/mol. The van der Waals surface area contributed by atoms with Crippen LogP contribution in [0, 0.1) is 0 Å². The average Bonchev–Trinajstić information content (AvgIpc) is 2.45. The molecule has 0 spiro atoms. The van der Waals surface area contributed by atoms with Gasteiger partial charge in [0, 0.05) is 19.8 Å². The molecule has 0 aliphatic heterocycles. The lowest BCUT2D eigenvalue weighted by molar-refractivity contribution is 0.634. The van der Waals surface area contributed by atoms with Gasteiger partial charge in [0.05, 0.1) is 12.0 Å². The van der Waals surface area contributed by atoms with Gasteiger partial charge in [0.15, 0.2) is 0 Å². The quantitative estimate of drug-likeness (QED) is 0.670. The van der Waals surface area contributed by atoms with Gasteiger partial charge in [0.2, 0.25) is 0 Å². The zero-order valence-corrected chi connectivity index (χ0v) is 7.88. The Labute approximate surface area is 73.8 Å². The molecule has 3 heteroatoms. The molecule has 0 aromatic carbocycles. The van der Waals surface area contributed by atoms with Crippen molar-refractivity contribution in [1.82, 2.24) is 14.9 Å². The van der Waals surface area contributed by atoms with Crippen molar-refractivity contribution in [3.8, 4) is 0 Å². The number of rotatable bonds is 5. The molecule has 1 aromatic rings. The number of imidazole rings is 1. The Hall–Kier alpha value is -0.830. The second kappa shape index (κ2) is 4.93. The summed E-state index contributed by atoms with van der Waals surface area (Å²) in [6, 6.07) is 0. The SMILES string of the molecule is CCCCNCc1cn(C)cn1. The molecule has 1 N–H and O–H groups in total. The summed E-state index contributed by atoms with van der Waals surface area (Å²) in [6.07, 6.45) is 6.36. The van der Waals surface area contributed by atoms with Crippen molar-refractivity contribution in [2.45, 2.75) is 26.3 Å². The van der Waals surface area contributed by atoms with Crippen LogP contribution in [0.5, 0.6) is 0 Å². The van der Waals surface area contributed by atoms with Crippen LogP contribution in [0.3, 0.4) is 0 Å². The van der Waals surface area contributed by atoms with Gasteiger partial charge < -0.3 is 9.88 Å². The molecule has 0 radical (unpaired) electrons. The van der Waals surface area contributed by atoms with E-state index in [0.717, 1.165) is 18.8 Å². The van der Waals surface area contributed by atoms with Crippen molar-refractivity contribution in [3.63, 3.8) is 0 Å². The zero-order chi connectivity index (χ0) is 8.81. The summed E-state index contributed by atoms with van der Waals surface area (Å²) in [7, 11) is 1.99. The van der Waals surface area contributed by atoms with Gasteiger partial charge in [-0.15, -0.1) is 0 Å². The second-order valence-corrected chi connectivity index (χ2v) is 3.06. The van der Waals surface area contributed by atoms with Gasteiger partial charge >= 0.3 is 0 Å². The summed E-state index contributed by atoms with van der Waals surface area (Å²) >= 11 is 0. The van der Waals surface area contributed by atoms with Gasteiger partial charge in [-0.05, 0) is 13.0 Å². The van der Waals surface area contributed by atoms with E-state index in [4.69, 9.17) is 0 Å². The first-order valence-corrected chi connectivity index (χ1v) is 4.50. The number of aromatic nitrogens is 2. The third-order valence-electron chi connectivity index (χ3n) is 1.77. The maximum absolute atomic E-state index is 4.21. The van der Waals surface area contributed by atoms with E-state index in [2.05, 4.69) is 17.2 Å². The van der Waals surface area contributed by atoms with Gasteiger partial charge in [-0.3, -0.25) is 0 Å². The van der Waals surface area contributed by atoms with Crippen LogP contribution in [0.4, 0.5) is 0 Å². The number of aryl methyl sites for hydroxylation is 1. The van der Waals surface area contributed by atoms with Crippen molar-refractivity contribution < 1.29 is 0 Å². The molecule has 0 aliphatic carbocycles. The fourth-order valence-corrected chi connectivity index (χ4v) is 1.08. The lowest BCUT2D eigenvalue weighted by Gasteiger charge is -1.99. The van der Waals surface area contributed by atoms with Crippen LogP contribution < -0.4 is 5.32 Å². The Balaban J connectivity index is 2.15. The van der Waals surface area contributed by atoms with Crippen LogP contribution in [0.25, 0.3) is 0 Å². The molecule has 0 amide bonds. The fraction of sp³-hybridized carbons (Fsp3) is 0.667. The van der Waals surface area contributed by atoms with Crippen LogP contribution in [-0.4, -0.2) is 16.1 Å². The number of hydrogen-bond acceptors (Lipinski definition) is 2. The molecule has 0 saturated heterocycles. The van der Waals surface area contributed by atoms with E-state index in [1.807, 2.05) is 24.1 Å². The summed E-state index contributed by atoms with van der Waals surface area (Å²) in [5, 5.41) is 3.34. The lowest BCUT2D eigenvalue weighted by Crippen LogP contribution is -2.14. The van der Waals surface area contributed by atoms with Gasteiger partial charge in [0.1, 0.15) is 0 Å². The van der Waals surface area contributed by atoms with Crippen molar-refractivity contribution in [2.75, 3.05) is 6.54 Å². The zero-order valence-electron chi connectivity index (χ0n) is 7.88. The highest BCUT2D eigenvalue weighted by Gasteiger charge is 1.94. The summed E-state index contributed by atoms with van der Waals surface area (Å²) in [5.41, 5.74) is 1.12. The predicted molar refractivity (Wildman–Crippen MR) is 49.8 cm³/mol. The van der Waals surface area contributed by atoms with Crippen molar-refractivity contribution in [3.05, 3.63) is 18.2 Å². The lowest BCUT2D eigenvalue weighted by atomic mass is 10.3. The Morgan fingerprint density at radius 3 is 3.00 bits per heavy atom. The molecule has 1 rings (SSSR count).